The highest BCUT2D eigenvalue weighted by molar-refractivity contribution is 7.55. The maximum Gasteiger partial charge on any atom is 0.353 e. The molecule has 1 radical (unpaired) electrons. The topological polar surface area (TPSA) is 58.7 Å². The van der Waals surface area contributed by atoms with Gasteiger partial charge < -0.3 is 9.05 Å². The molecule has 1 rings (SSSR count). The first-order valence-electron chi connectivity index (χ1n) is 7.10. The average Bonchev–Trinajstić information content (AvgIpc) is 2.78. The Morgan fingerprint density at radius 2 is 1.53 bits per heavy atom. The van der Waals surface area contributed by atoms with Crippen molar-refractivity contribution >= 4 is 7.60 Å². The van der Waals surface area contributed by atoms with Gasteiger partial charge in [0.15, 0.2) is 5.28 Å². The zero-order chi connectivity index (χ0) is 14.7. The molecular formula is C13H27NO4P. The van der Waals surface area contributed by atoms with Crippen LogP contribution in [0.1, 0.15) is 60.3 Å². The van der Waals surface area contributed by atoms with Gasteiger partial charge in [-0.2, -0.15) is 0 Å². The number of hydroxylamine groups is 2. The van der Waals surface area contributed by atoms with Crippen LogP contribution in [0.25, 0.3) is 0 Å². The minimum absolute atomic E-state index is 0.289. The van der Waals surface area contributed by atoms with E-state index in [-0.39, 0.29) is 13.2 Å². The van der Waals surface area contributed by atoms with Crippen LogP contribution in [0.3, 0.4) is 0 Å². The molecule has 0 aromatic carbocycles. The predicted octanol–water partition coefficient (Wildman–Crippen LogP) is 3.97. The molecule has 0 amide bonds. The summed E-state index contributed by atoms with van der Waals surface area (Å²) in [4.78, 5) is 0. The van der Waals surface area contributed by atoms with E-state index in [1.165, 1.54) is 0 Å². The Labute approximate surface area is 116 Å². The number of nitrogens with zero attached hydrogens (tertiary/aromatic N) is 1. The summed E-state index contributed by atoms with van der Waals surface area (Å²) < 4.78 is 24.1. The van der Waals surface area contributed by atoms with E-state index in [0.717, 1.165) is 17.9 Å². The smallest absolute Gasteiger partial charge is 0.308 e. The van der Waals surface area contributed by atoms with Crippen molar-refractivity contribution in [3.05, 3.63) is 0 Å². The Balaban J connectivity index is 3.20. The minimum atomic E-state index is -3.44. The van der Waals surface area contributed by atoms with E-state index >= 15 is 0 Å². The molecule has 0 aromatic heterocycles. The summed E-state index contributed by atoms with van der Waals surface area (Å²) >= 11 is 0. The lowest BCUT2D eigenvalue weighted by Gasteiger charge is -2.45. The zero-order valence-electron chi connectivity index (χ0n) is 12.8. The number of rotatable bonds is 6. The van der Waals surface area contributed by atoms with Crippen LogP contribution < -0.4 is 0 Å². The molecule has 0 saturated heterocycles. The minimum Gasteiger partial charge on any atom is -0.308 e. The molecule has 0 N–H and O–H groups in total. The number of hydrogen-bond donors (Lipinski definition) is 0. The van der Waals surface area contributed by atoms with E-state index in [1.807, 2.05) is 20.8 Å². The standard InChI is InChI=1S/C13H27NO4P/c1-6-17-19(16,18-7-2)13(10-8-9-11-13)14(15)12(3,4)5/h6-11H2,1-5H3. The molecule has 113 valence electrons. The first-order chi connectivity index (χ1) is 8.73. The monoisotopic (exact) mass is 292 g/mol. The van der Waals surface area contributed by atoms with Gasteiger partial charge in [-0.05, 0) is 47.5 Å². The molecule has 5 nitrogen and oxygen atoms in total. The summed E-state index contributed by atoms with van der Waals surface area (Å²) in [6.07, 6.45) is 2.92. The molecule has 1 fully saturated rings. The van der Waals surface area contributed by atoms with Crippen molar-refractivity contribution in [3.63, 3.8) is 0 Å². The molecular weight excluding hydrogens is 265 g/mol. The fourth-order valence-electron chi connectivity index (χ4n) is 2.77. The van der Waals surface area contributed by atoms with Crippen LogP contribution in [0.2, 0.25) is 0 Å². The van der Waals surface area contributed by atoms with E-state index in [9.17, 15) is 9.77 Å². The van der Waals surface area contributed by atoms with E-state index < -0.39 is 18.4 Å². The normalized spacial score (nSPS) is 20.2. The zero-order valence-corrected chi connectivity index (χ0v) is 13.7. The SMILES string of the molecule is CCOP(=O)(OCC)C1(N([O])C(C)(C)C)CCCC1. The second kappa shape index (κ2) is 6.23. The van der Waals surface area contributed by atoms with Crippen molar-refractivity contribution in [1.29, 1.82) is 0 Å². The van der Waals surface area contributed by atoms with E-state index in [4.69, 9.17) is 9.05 Å². The third-order valence-electron chi connectivity index (χ3n) is 3.50. The van der Waals surface area contributed by atoms with Crippen molar-refractivity contribution in [2.75, 3.05) is 13.2 Å². The van der Waals surface area contributed by atoms with Crippen molar-refractivity contribution in [3.8, 4) is 0 Å². The second-order valence-corrected chi connectivity index (χ2v) is 8.33. The van der Waals surface area contributed by atoms with Gasteiger partial charge in [0.2, 0.25) is 0 Å². The predicted molar refractivity (Wildman–Crippen MR) is 74.3 cm³/mol. The molecule has 0 bridgehead atoms. The fraction of sp³-hybridized carbons (Fsp3) is 1.00. The van der Waals surface area contributed by atoms with Gasteiger partial charge in [-0.3, -0.25) is 4.57 Å². The molecule has 0 aliphatic heterocycles. The second-order valence-electron chi connectivity index (χ2n) is 5.99. The van der Waals surface area contributed by atoms with Gasteiger partial charge in [0.1, 0.15) is 0 Å². The van der Waals surface area contributed by atoms with Gasteiger partial charge in [0.05, 0.1) is 13.2 Å². The molecule has 1 aliphatic carbocycles. The Hall–Kier alpha value is 0.0700. The van der Waals surface area contributed by atoms with Crippen LogP contribution in [-0.4, -0.2) is 29.1 Å². The van der Waals surface area contributed by atoms with Gasteiger partial charge >= 0.3 is 7.60 Å². The maximum absolute atomic E-state index is 13.1. The Morgan fingerprint density at radius 1 is 1.11 bits per heavy atom. The third kappa shape index (κ3) is 3.22. The van der Waals surface area contributed by atoms with Gasteiger partial charge in [-0.25, -0.2) is 0 Å². The summed E-state index contributed by atoms with van der Waals surface area (Å²) in [7, 11) is -3.44. The molecule has 0 heterocycles. The lowest BCUT2D eigenvalue weighted by Crippen LogP contribution is -2.53. The van der Waals surface area contributed by atoms with Crippen LogP contribution in [0.15, 0.2) is 0 Å². The first kappa shape index (κ1) is 17.1. The van der Waals surface area contributed by atoms with Crippen molar-refractivity contribution in [2.24, 2.45) is 0 Å². The van der Waals surface area contributed by atoms with E-state index in [2.05, 4.69) is 0 Å². The highest BCUT2D eigenvalue weighted by Gasteiger charge is 2.59. The highest BCUT2D eigenvalue weighted by Crippen LogP contribution is 2.67. The molecule has 0 unspecified atom stereocenters. The van der Waals surface area contributed by atoms with Crippen LogP contribution >= 0.6 is 7.60 Å². The molecule has 1 aliphatic rings. The largest absolute Gasteiger partial charge is 0.353 e. The Kier molecular flexibility index (Phi) is 5.61. The Bertz CT molecular complexity index is 324. The lowest BCUT2D eigenvalue weighted by atomic mass is 10.1. The molecule has 19 heavy (non-hydrogen) atoms. The summed E-state index contributed by atoms with van der Waals surface area (Å²) in [5.41, 5.74) is -0.617. The van der Waals surface area contributed by atoms with Crippen LogP contribution in [0, 0.1) is 0 Å². The van der Waals surface area contributed by atoms with Crippen LogP contribution in [-0.2, 0) is 18.8 Å². The molecule has 1 saturated carbocycles. The average molecular weight is 292 g/mol. The van der Waals surface area contributed by atoms with Crippen molar-refractivity contribution in [1.82, 2.24) is 5.06 Å². The van der Waals surface area contributed by atoms with Gasteiger partial charge in [-0.1, -0.05) is 12.8 Å². The molecule has 0 atom stereocenters. The summed E-state index contributed by atoms with van der Waals surface area (Å²) in [5, 5.41) is 12.7. The third-order valence-corrected chi connectivity index (χ3v) is 6.34. The van der Waals surface area contributed by atoms with E-state index in [1.54, 1.807) is 13.8 Å². The summed E-state index contributed by atoms with van der Waals surface area (Å²) in [6, 6.07) is 0. The van der Waals surface area contributed by atoms with Gasteiger partial charge in [0.25, 0.3) is 0 Å². The summed E-state index contributed by atoms with van der Waals surface area (Å²) in [5.74, 6) is 0. The van der Waals surface area contributed by atoms with Gasteiger partial charge in [0, 0.05) is 5.54 Å². The van der Waals surface area contributed by atoms with Crippen LogP contribution in [0.4, 0.5) is 0 Å². The summed E-state index contributed by atoms with van der Waals surface area (Å²) in [6.45, 7) is 9.64. The molecule has 0 aromatic rings. The molecule has 6 heteroatoms. The number of hydrogen-bond acceptors (Lipinski definition) is 4. The first-order valence-corrected chi connectivity index (χ1v) is 8.64. The lowest BCUT2D eigenvalue weighted by molar-refractivity contribution is -0.255. The van der Waals surface area contributed by atoms with E-state index in [0.29, 0.717) is 12.8 Å². The maximum atomic E-state index is 13.1. The Morgan fingerprint density at radius 3 is 1.84 bits per heavy atom. The quantitative estimate of drug-likeness (QED) is 0.549. The molecule has 0 spiro atoms. The fourth-order valence-corrected chi connectivity index (χ4v) is 5.39. The van der Waals surface area contributed by atoms with Crippen molar-refractivity contribution in [2.45, 2.75) is 71.1 Å². The van der Waals surface area contributed by atoms with Crippen LogP contribution in [0.5, 0.6) is 0 Å². The van der Waals surface area contributed by atoms with Crippen molar-refractivity contribution < 1.29 is 18.8 Å². The highest BCUT2D eigenvalue weighted by atomic mass is 31.2. The van der Waals surface area contributed by atoms with Gasteiger partial charge in [-0.15, -0.1) is 10.3 Å².